The first-order valence-electron chi connectivity index (χ1n) is 12.1. The number of hydrogen-bond donors (Lipinski definition) is 2. The van der Waals surface area contributed by atoms with E-state index in [1.807, 2.05) is 41.8 Å². The van der Waals surface area contributed by atoms with Gasteiger partial charge in [0.25, 0.3) is 5.89 Å². The molecule has 2 aliphatic heterocycles. The lowest BCUT2D eigenvalue weighted by molar-refractivity contribution is -0.135. The molecule has 0 atom stereocenters. The molecule has 0 unspecified atom stereocenters. The second-order valence-corrected chi connectivity index (χ2v) is 9.55. The van der Waals surface area contributed by atoms with Crippen LogP contribution in [0.25, 0.3) is 22.8 Å². The van der Waals surface area contributed by atoms with Crippen LogP contribution in [0.3, 0.4) is 0 Å². The summed E-state index contributed by atoms with van der Waals surface area (Å²) in [6, 6.07) is 11.6. The van der Waals surface area contributed by atoms with Crippen LogP contribution in [0, 0.1) is 0 Å². The minimum atomic E-state index is -0.295. The van der Waals surface area contributed by atoms with Crippen molar-refractivity contribution in [2.75, 3.05) is 38.5 Å². The van der Waals surface area contributed by atoms with Crippen molar-refractivity contribution in [3.05, 3.63) is 47.5 Å². The molecular weight excluding hydrogens is 446 g/mol. The van der Waals surface area contributed by atoms with E-state index in [9.17, 15) is 9.90 Å². The van der Waals surface area contributed by atoms with E-state index >= 15 is 0 Å². The third-order valence-electron chi connectivity index (χ3n) is 6.46. The van der Waals surface area contributed by atoms with Crippen LogP contribution in [0.1, 0.15) is 25.0 Å². The largest absolute Gasteiger partial charge is 0.489 e. The molecule has 184 valence electrons. The van der Waals surface area contributed by atoms with Gasteiger partial charge in [0.1, 0.15) is 5.75 Å². The summed E-state index contributed by atoms with van der Waals surface area (Å²) in [5.74, 6) is 1.66. The summed E-state index contributed by atoms with van der Waals surface area (Å²) in [5, 5.41) is 13.6. The Hall–Kier alpha value is -3.43. The molecule has 0 bridgehead atoms. The molecule has 1 aromatic heterocycles. The van der Waals surface area contributed by atoms with Crippen LogP contribution in [0.5, 0.6) is 5.75 Å². The van der Waals surface area contributed by atoms with Crippen molar-refractivity contribution < 1.29 is 19.2 Å². The Kier molecular flexibility index (Phi) is 6.44. The van der Waals surface area contributed by atoms with Crippen LogP contribution in [0.4, 0.5) is 5.69 Å². The standard InChI is InChI=1S/C26H31N5O4/c1-16(2)34-23-6-5-20(12-22(23)27)26-28-25(29-35-26)19-4-3-17-7-9-31(10-8-18(17)11-19)24(33)15-30-13-21(32)14-30/h3-6,11-12,16,21,32H,7-10,13-15,27H2,1-2H3. The van der Waals surface area contributed by atoms with Gasteiger partial charge in [0.05, 0.1) is 24.4 Å². The van der Waals surface area contributed by atoms with Crippen LogP contribution < -0.4 is 10.5 Å². The smallest absolute Gasteiger partial charge is 0.258 e. The molecule has 35 heavy (non-hydrogen) atoms. The van der Waals surface area contributed by atoms with E-state index in [0.717, 1.165) is 24.0 Å². The summed E-state index contributed by atoms with van der Waals surface area (Å²) < 4.78 is 11.2. The van der Waals surface area contributed by atoms with Gasteiger partial charge in [-0.25, -0.2) is 0 Å². The van der Waals surface area contributed by atoms with Crippen molar-refractivity contribution in [2.24, 2.45) is 0 Å². The van der Waals surface area contributed by atoms with E-state index in [-0.39, 0.29) is 18.1 Å². The van der Waals surface area contributed by atoms with Gasteiger partial charge >= 0.3 is 0 Å². The average molecular weight is 478 g/mol. The highest BCUT2D eigenvalue weighted by Gasteiger charge is 2.28. The highest BCUT2D eigenvalue weighted by atomic mass is 16.5. The number of β-amino-alcohol motifs (C(OH)–C–C–N with tert-alkyl or cyclic N) is 1. The maximum atomic E-state index is 12.7. The molecule has 3 aromatic rings. The predicted octanol–water partition coefficient (Wildman–Crippen LogP) is 2.38. The number of amides is 1. The van der Waals surface area contributed by atoms with Crippen LogP contribution in [0.15, 0.2) is 40.9 Å². The number of nitrogen functional groups attached to an aromatic ring is 1. The number of carbonyl (C=O) groups is 1. The number of aliphatic hydroxyl groups excluding tert-OH is 1. The zero-order valence-electron chi connectivity index (χ0n) is 20.1. The average Bonchev–Trinajstić information content (AvgIpc) is 3.20. The van der Waals surface area contributed by atoms with Gasteiger partial charge in [-0.15, -0.1) is 0 Å². The topological polar surface area (TPSA) is 118 Å². The number of rotatable bonds is 6. The zero-order chi connectivity index (χ0) is 24.5. The Morgan fingerprint density at radius 3 is 2.60 bits per heavy atom. The summed E-state index contributed by atoms with van der Waals surface area (Å²) in [4.78, 5) is 21.2. The van der Waals surface area contributed by atoms with Gasteiger partial charge in [0.15, 0.2) is 0 Å². The van der Waals surface area contributed by atoms with E-state index in [1.54, 1.807) is 6.07 Å². The highest BCUT2D eigenvalue weighted by Crippen LogP contribution is 2.30. The summed E-state index contributed by atoms with van der Waals surface area (Å²) >= 11 is 0. The maximum Gasteiger partial charge on any atom is 0.258 e. The fourth-order valence-corrected chi connectivity index (χ4v) is 4.58. The number of anilines is 1. The van der Waals surface area contributed by atoms with Crippen molar-refractivity contribution in [1.82, 2.24) is 19.9 Å². The van der Waals surface area contributed by atoms with Crippen molar-refractivity contribution in [1.29, 1.82) is 0 Å². The minimum Gasteiger partial charge on any atom is -0.489 e. The lowest BCUT2D eigenvalue weighted by atomic mass is 10.00. The summed E-state index contributed by atoms with van der Waals surface area (Å²) in [5.41, 5.74) is 10.7. The fraction of sp³-hybridized carbons (Fsp3) is 0.423. The van der Waals surface area contributed by atoms with Crippen molar-refractivity contribution in [3.63, 3.8) is 0 Å². The molecule has 0 saturated carbocycles. The second kappa shape index (κ2) is 9.67. The van der Waals surface area contributed by atoms with Gasteiger partial charge in [0, 0.05) is 37.3 Å². The minimum absolute atomic E-state index is 0.0334. The maximum absolute atomic E-state index is 12.7. The van der Waals surface area contributed by atoms with E-state index in [1.165, 1.54) is 11.1 Å². The van der Waals surface area contributed by atoms with Crippen molar-refractivity contribution in [3.8, 4) is 28.6 Å². The van der Waals surface area contributed by atoms with E-state index < -0.39 is 0 Å². The van der Waals surface area contributed by atoms with Gasteiger partial charge in [-0.1, -0.05) is 17.3 Å². The molecule has 9 nitrogen and oxygen atoms in total. The Labute approximate surface area is 204 Å². The molecule has 5 rings (SSSR count). The SMILES string of the molecule is CC(C)Oc1ccc(-c2nc(-c3ccc4c(c3)CCN(C(=O)CN3CC(O)C3)CC4)no2)cc1N. The Morgan fingerprint density at radius 1 is 1.14 bits per heavy atom. The first-order valence-corrected chi connectivity index (χ1v) is 12.1. The second-order valence-electron chi connectivity index (χ2n) is 9.55. The number of benzene rings is 2. The molecule has 3 heterocycles. The Bertz CT molecular complexity index is 1220. The summed E-state index contributed by atoms with van der Waals surface area (Å²) in [6.07, 6.45) is 1.32. The predicted molar refractivity (Wildman–Crippen MR) is 132 cm³/mol. The van der Waals surface area contributed by atoms with Gasteiger partial charge in [-0.3, -0.25) is 9.69 Å². The molecule has 0 aliphatic carbocycles. The lowest BCUT2D eigenvalue weighted by Gasteiger charge is -2.36. The third kappa shape index (κ3) is 5.16. The van der Waals surface area contributed by atoms with Crippen molar-refractivity contribution in [2.45, 2.75) is 38.9 Å². The molecule has 9 heteroatoms. The Balaban J connectivity index is 1.27. The zero-order valence-corrected chi connectivity index (χ0v) is 20.1. The molecular formula is C26H31N5O4. The Morgan fingerprint density at radius 2 is 1.89 bits per heavy atom. The summed E-state index contributed by atoms with van der Waals surface area (Å²) in [7, 11) is 0. The van der Waals surface area contributed by atoms with Gasteiger partial charge < -0.3 is 25.0 Å². The van der Waals surface area contributed by atoms with Crippen molar-refractivity contribution >= 4 is 11.6 Å². The highest BCUT2D eigenvalue weighted by molar-refractivity contribution is 5.78. The molecule has 1 amide bonds. The molecule has 2 aliphatic rings. The number of likely N-dealkylation sites (tertiary alicyclic amines) is 1. The van der Waals surface area contributed by atoms with Crippen LogP contribution in [-0.2, 0) is 17.6 Å². The fourth-order valence-electron chi connectivity index (χ4n) is 4.58. The lowest BCUT2D eigenvalue weighted by Crippen LogP contribution is -2.54. The number of hydrogen-bond acceptors (Lipinski definition) is 8. The molecule has 0 radical (unpaired) electrons. The quantitative estimate of drug-likeness (QED) is 0.520. The molecule has 1 fully saturated rings. The molecule has 0 spiro atoms. The van der Waals surface area contributed by atoms with Gasteiger partial charge in [0.2, 0.25) is 11.7 Å². The number of nitrogens with two attached hydrogens (primary N) is 1. The molecule has 3 N–H and O–H groups in total. The summed E-state index contributed by atoms with van der Waals surface area (Å²) in [6.45, 7) is 6.81. The number of fused-ring (bicyclic) bond motifs is 1. The first-order chi connectivity index (χ1) is 16.9. The van der Waals surface area contributed by atoms with E-state index in [4.69, 9.17) is 15.0 Å². The van der Waals surface area contributed by atoms with E-state index in [2.05, 4.69) is 22.3 Å². The number of ether oxygens (including phenoxy) is 1. The van der Waals surface area contributed by atoms with Gasteiger partial charge in [-0.05, 0) is 62.1 Å². The number of carbonyl (C=O) groups excluding carboxylic acids is 1. The molecule has 1 saturated heterocycles. The van der Waals surface area contributed by atoms with Crippen LogP contribution in [-0.4, -0.2) is 75.9 Å². The number of aliphatic hydroxyl groups is 1. The van der Waals surface area contributed by atoms with Gasteiger partial charge in [-0.2, -0.15) is 4.98 Å². The number of aromatic nitrogens is 2. The number of nitrogens with zero attached hydrogens (tertiary/aromatic N) is 4. The van der Waals surface area contributed by atoms with E-state index in [0.29, 0.717) is 55.9 Å². The third-order valence-corrected chi connectivity index (χ3v) is 6.46. The van der Waals surface area contributed by atoms with Crippen LogP contribution >= 0.6 is 0 Å². The van der Waals surface area contributed by atoms with Crippen LogP contribution in [0.2, 0.25) is 0 Å². The molecule has 2 aromatic carbocycles. The monoisotopic (exact) mass is 477 g/mol. The normalized spacial score (nSPS) is 16.6. The first kappa shape index (κ1) is 23.3.